The Labute approximate surface area is 103 Å². The first kappa shape index (κ1) is 17.1. The van der Waals surface area contributed by atoms with Gasteiger partial charge in [0.1, 0.15) is 0 Å². The van der Waals surface area contributed by atoms with Gasteiger partial charge in [0.2, 0.25) is 0 Å². The number of rotatable bonds is 0. The minimum atomic E-state index is 0. The van der Waals surface area contributed by atoms with Crippen molar-refractivity contribution in [2.45, 2.75) is 0 Å². The van der Waals surface area contributed by atoms with Crippen molar-refractivity contribution in [3.63, 3.8) is 0 Å². The molecule has 1 fully saturated rings. The smallest absolute Gasteiger partial charge is 0.00772 e. The molecule has 0 saturated carbocycles. The monoisotopic (exact) mass is 264 g/mol. The Bertz CT molecular complexity index is 64.3. The molecule has 0 aromatic heterocycles. The van der Waals surface area contributed by atoms with Gasteiger partial charge in [-0.1, -0.05) is 0 Å². The summed E-state index contributed by atoms with van der Waals surface area (Å²) in [6, 6.07) is 0. The fourth-order valence-electron chi connectivity index (χ4n) is 1.21. The zero-order valence-electron chi connectivity index (χ0n) is 8.42. The maximum absolute atomic E-state index is 3.36. The van der Waals surface area contributed by atoms with Crippen LogP contribution in [-0.2, 0) is 17.1 Å². The maximum Gasteiger partial charge on any atom is 0.00772 e. The molecule has 0 unspecified atom stereocenters. The zero-order chi connectivity index (χ0) is 8.49. The van der Waals surface area contributed by atoms with E-state index in [9.17, 15) is 0 Å². The molecule has 0 aromatic carbocycles. The number of hydrogen-bond acceptors (Lipinski definition) is 4. The van der Waals surface area contributed by atoms with Crippen LogP contribution in [0.25, 0.3) is 0 Å². The molecule has 1 saturated heterocycles. The van der Waals surface area contributed by atoms with E-state index in [1.165, 1.54) is 0 Å². The summed E-state index contributed by atoms with van der Waals surface area (Å²) in [6.45, 7) is 8.57. The first-order valence-corrected chi connectivity index (χ1v) is 4.83. The van der Waals surface area contributed by atoms with Crippen molar-refractivity contribution in [1.29, 1.82) is 0 Å². The van der Waals surface area contributed by atoms with E-state index in [2.05, 4.69) is 21.3 Å². The van der Waals surface area contributed by atoms with E-state index >= 15 is 0 Å². The second-order valence-corrected chi connectivity index (χ2v) is 3.00. The molecule has 0 amide bonds. The Kier molecular flexibility index (Phi) is 16.6. The summed E-state index contributed by atoms with van der Waals surface area (Å²) in [4.78, 5) is 0. The van der Waals surface area contributed by atoms with E-state index in [4.69, 9.17) is 0 Å². The van der Waals surface area contributed by atoms with E-state index in [-0.39, 0.29) is 29.5 Å². The molecule has 1 rings (SSSR count). The van der Waals surface area contributed by atoms with Crippen LogP contribution in [-0.4, -0.2) is 52.4 Å². The molecule has 14 heavy (non-hydrogen) atoms. The Morgan fingerprint density at radius 1 is 0.429 bits per heavy atom. The molecule has 1 aliphatic heterocycles. The zero-order valence-corrected chi connectivity index (χ0v) is 10.3. The van der Waals surface area contributed by atoms with Gasteiger partial charge in [0.25, 0.3) is 0 Å². The van der Waals surface area contributed by atoms with Crippen LogP contribution in [0.4, 0.5) is 0 Å². The van der Waals surface area contributed by atoms with Crippen molar-refractivity contribution in [3.05, 3.63) is 0 Å². The van der Waals surface area contributed by atoms with Crippen LogP contribution >= 0.6 is 12.4 Å². The summed E-state index contributed by atoms with van der Waals surface area (Å²) in [6.07, 6.45) is 0. The molecule has 0 bridgehead atoms. The molecule has 0 aliphatic carbocycles. The van der Waals surface area contributed by atoms with Crippen molar-refractivity contribution in [2.24, 2.45) is 0 Å². The van der Waals surface area contributed by atoms with Crippen LogP contribution in [0.2, 0.25) is 0 Å². The van der Waals surface area contributed by atoms with E-state index in [1.807, 2.05) is 0 Å². The molecule has 0 spiro atoms. The fraction of sp³-hybridized carbons (Fsp3) is 1.00. The van der Waals surface area contributed by atoms with Crippen LogP contribution in [0.5, 0.6) is 0 Å². The molecule has 1 heterocycles. The largest absolute Gasteiger partial charge is 0.314 e. The predicted molar refractivity (Wildman–Crippen MR) is 58.7 cm³/mol. The second kappa shape index (κ2) is 13.6. The molecule has 0 radical (unpaired) electrons. The molecule has 0 aromatic rings. The van der Waals surface area contributed by atoms with Crippen molar-refractivity contribution in [3.8, 4) is 0 Å². The summed E-state index contributed by atoms with van der Waals surface area (Å²) in [5.41, 5.74) is 0. The van der Waals surface area contributed by atoms with Crippen LogP contribution in [0, 0.1) is 0 Å². The minimum absolute atomic E-state index is 0. The average molecular weight is 265 g/mol. The molecule has 88 valence electrons. The number of nitrogens with one attached hydrogen (secondary N) is 4. The quantitative estimate of drug-likeness (QED) is 0.414. The van der Waals surface area contributed by atoms with Gasteiger partial charge in [-0.15, -0.1) is 12.4 Å². The van der Waals surface area contributed by atoms with Crippen molar-refractivity contribution in [1.82, 2.24) is 21.3 Å². The molecule has 6 heteroatoms. The third-order valence-electron chi connectivity index (χ3n) is 1.91. The first-order chi connectivity index (χ1) is 6.00. The van der Waals surface area contributed by atoms with Crippen LogP contribution in [0.3, 0.4) is 0 Å². The predicted octanol–water partition coefficient (Wildman–Crippen LogP) is -1.22. The first-order valence-electron chi connectivity index (χ1n) is 4.83. The van der Waals surface area contributed by atoms with E-state index in [0.717, 1.165) is 52.4 Å². The van der Waals surface area contributed by atoms with E-state index in [1.54, 1.807) is 0 Å². The van der Waals surface area contributed by atoms with Gasteiger partial charge in [-0.2, -0.15) is 0 Å². The van der Waals surface area contributed by atoms with Crippen molar-refractivity contribution < 1.29 is 17.1 Å². The van der Waals surface area contributed by atoms with Gasteiger partial charge in [-0.05, 0) is 0 Å². The van der Waals surface area contributed by atoms with Crippen LogP contribution in [0.15, 0.2) is 0 Å². The molecule has 4 nitrogen and oxygen atoms in total. The average Bonchev–Trinajstić information content (AvgIpc) is 2.05. The summed E-state index contributed by atoms with van der Waals surface area (Å²) in [5.74, 6) is 0. The van der Waals surface area contributed by atoms with Gasteiger partial charge in [-0.25, -0.2) is 0 Å². The van der Waals surface area contributed by atoms with Gasteiger partial charge >= 0.3 is 0 Å². The molecule has 4 N–H and O–H groups in total. The Morgan fingerprint density at radius 2 is 0.571 bits per heavy atom. The normalized spacial score (nSPS) is 20.6. The van der Waals surface area contributed by atoms with Crippen molar-refractivity contribution in [2.75, 3.05) is 52.4 Å². The Hall–Kier alpha value is 0.649. The third-order valence-corrected chi connectivity index (χ3v) is 1.91. The summed E-state index contributed by atoms with van der Waals surface area (Å²) in [7, 11) is 0. The molecular formula is C8H21ClFeN4. The molecule has 0 atom stereocenters. The van der Waals surface area contributed by atoms with Crippen LogP contribution < -0.4 is 21.3 Å². The Morgan fingerprint density at radius 3 is 0.714 bits per heavy atom. The van der Waals surface area contributed by atoms with Crippen LogP contribution in [0.1, 0.15) is 0 Å². The van der Waals surface area contributed by atoms with Gasteiger partial charge in [0.05, 0.1) is 0 Å². The van der Waals surface area contributed by atoms with Gasteiger partial charge in [0, 0.05) is 69.4 Å². The molecular weight excluding hydrogens is 243 g/mol. The minimum Gasteiger partial charge on any atom is -0.314 e. The second-order valence-electron chi connectivity index (χ2n) is 3.00. The van der Waals surface area contributed by atoms with Gasteiger partial charge in [-0.3, -0.25) is 0 Å². The number of hydrogen-bond donors (Lipinski definition) is 4. The fourth-order valence-corrected chi connectivity index (χ4v) is 1.21. The van der Waals surface area contributed by atoms with E-state index in [0.29, 0.717) is 0 Å². The maximum atomic E-state index is 3.36. The summed E-state index contributed by atoms with van der Waals surface area (Å²) < 4.78 is 0. The van der Waals surface area contributed by atoms with Gasteiger partial charge < -0.3 is 21.3 Å². The topological polar surface area (TPSA) is 48.1 Å². The SMILES string of the molecule is C1CNCCNCCNCCN1.Cl.[Fe]. The number of halogens is 1. The van der Waals surface area contributed by atoms with Gasteiger partial charge in [0.15, 0.2) is 0 Å². The van der Waals surface area contributed by atoms with E-state index < -0.39 is 0 Å². The Balaban J connectivity index is 0. The third kappa shape index (κ3) is 10.7. The standard InChI is InChI=1S/C8H20N4.ClH.Fe/c1-2-10-5-6-12-8-7-11-4-3-9-1;;/h9-12H,1-8H2;1H;. The molecule has 1 aliphatic rings. The summed E-state index contributed by atoms with van der Waals surface area (Å²) in [5, 5.41) is 13.4. The van der Waals surface area contributed by atoms with Crippen molar-refractivity contribution >= 4 is 12.4 Å². The summed E-state index contributed by atoms with van der Waals surface area (Å²) >= 11 is 0.